The van der Waals surface area contributed by atoms with Crippen LogP contribution >= 0.6 is 0 Å². The zero-order valence-electron chi connectivity index (χ0n) is 14.0. The van der Waals surface area contributed by atoms with E-state index >= 15 is 0 Å². The van der Waals surface area contributed by atoms with Gasteiger partial charge in [0.25, 0.3) is 0 Å². The van der Waals surface area contributed by atoms with Crippen LogP contribution in [0.25, 0.3) is 0 Å². The fourth-order valence-corrected chi connectivity index (χ4v) is 4.30. The number of methoxy groups -OCH3 is 1. The van der Waals surface area contributed by atoms with Gasteiger partial charge in [-0.3, -0.25) is 9.59 Å². The fraction of sp³-hybridized carbons (Fsp3) is 0.474. The normalized spacial score (nSPS) is 35.2. The van der Waals surface area contributed by atoms with Crippen LogP contribution in [0.3, 0.4) is 0 Å². The summed E-state index contributed by atoms with van der Waals surface area (Å²) in [7, 11) is 1.61. The third-order valence-corrected chi connectivity index (χ3v) is 5.71. The molecule has 2 bridgehead atoms. The van der Waals surface area contributed by atoms with E-state index in [1.165, 1.54) is 0 Å². The molecule has 1 aromatic rings. The van der Waals surface area contributed by atoms with E-state index in [2.05, 4.69) is 5.32 Å². The molecule has 25 heavy (non-hydrogen) atoms. The lowest BCUT2D eigenvalue weighted by Crippen LogP contribution is -2.44. The number of carbonyl (C=O) groups is 2. The van der Waals surface area contributed by atoms with Gasteiger partial charge < -0.3 is 19.7 Å². The van der Waals surface area contributed by atoms with Crippen LogP contribution in [-0.4, -0.2) is 43.2 Å². The van der Waals surface area contributed by atoms with Gasteiger partial charge in [-0.1, -0.05) is 12.2 Å². The lowest BCUT2D eigenvalue weighted by molar-refractivity contribution is -0.132. The second kappa shape index (κ2) is 5.08. The summed E-state index contributed by atoms with van der Waals surface area (Å²) in [5, 5.41) is 3.04. The molecule has 2 amide bonds. The van der Waals surface area contributed by atoms with Crippen molar-refractivity contribution < 1.29 is 19.1 Å². The molecule has 0 aromatic heterocycles. The predicted molar refractivity (Wildman–Crippen MR) is 90.2 cm³/mol. The van der Waals surface area contributed by atoms with E-state index in [1.807, 2.05) is 36.4 Å². The Kier molecular flexibility index (Phi) is 3.04. The van der Waals surface area contributed by atoms with Gasteiger partial charge in [0.1, 0.15) is 11.4 Å². The van der Waals surface area contributed by atoms with Gasteiger partial charge in [-0.05, 0) is 37.1 Å². The number of nitrogens with one attached hydrogen (secondary N) is 1. The van der Waals surface area contributed by atoms with E-state index < -0.39 is 17.4 Å². The Morgan fingerprint density at radius 2 is 2.08 bits per heavy atom. The van der Waals surface area contributed by atoms with E-state index in [9.17, 15) is 9.59 Å². The summed E-state index contributed by atoms with van der Waals surface area (Å²) in [6, 6.07) is 7.67. The third kappa shape index (κ3) is 2.13. The van der Waals surface area contributed by atoms with Crippen LogP contribution in [0.15, 0.2) is 36.4 Å². The number of hydrogen-bond acceptors (Lipinski definition) is 4. The van der Waals surface area contributed by atoms with E-state index in [0.29, 0.717) is 6.54 Å². The zero-order chi connectivity index (χ0) is 17.2. The Labute approximate surface area is 145 Å². The molecule has 3 unspecified atom stereocenters. The van der Waals surface area contributed by atoms with Gasteiger partial charge in [-0.15, -0.1) is 0 Å². The maximum absolute atomic E-state index is 13.1. The summed E-state index contributed by atoms with van der Waals surface area (Å²) in [5.41, 5.74) is 0.129. The molecule has 3 aliphatic heterocycles. The number of fused-ring (bicyclic) bond motifs is 1. The first kappa shape index (κ1) is 15.0. The fourth-order valence-electron chi connectivity index (χ4n) is 4.30. The summed E-state index contributed by atoms with van der Waals surface area (Å²) in [4.78, 5) is 27.6. The van der Waals surface area contributed by atoms with Gasteiger partial charge >= 0.3 is 0 Å². The number of anilines is 1. The van der Waals surface area contributed by atoms with Crippen LogP contribution in [0.5, 0.6) is 5.75 Å². The SMILES string of the molecule is COc1ccc(N2C[C@]34C=CC(O3)C(C(=O)NC3CC3)C4C2=O)cc1. The first-order valence-corrected chi connectivity index (χ1v) is 8.74. The molecule has 1 N–H and O–H groups in total. The van der Waals surface area contributed by atoms with Crippen molar-refractivity contribution in [3.8, 4) is 5.75 Å². The molecule has 2 saturated heterocycles. The lowest BCUT2D eigenvalue weighted by Gasteiger charge is -2.23. The quantitative estimate of drug-likeness (QED) is 0.838. The van der Waals surface area contributed by atoms with Crippen molar-refractivity contribution in [2.24, 2.45) is 11.8 Å². The number of nitrogens with zero attached hydrogens (tertiary/aromatic N) is 1. The van der Waals surface area contributed by atoms with Crippen LogP contribution in [-0.2, 0) is 14.3 Å². The second-order valence-electron chi connectivity index (χ2n) is 7.31. The molecule has 0 radical (unpaired) electrons. The average Bonchev–Trinajstić information content (AvgIpc) is 3.15. The molecule has 1 aromatic carbocycles. The minimum absolute atomic E-state index is 0.0343. The van der Waals surface area contributed by atoms with E-state index in [4.69, 9.17) is 9.47 Å². The van der Waals surface area contributed by atoms with Crippen molar-refractivity contribution in [3.05, 3.63) is 36.4 Å². The largest absolute Gasteiger partial charge is 0.497 e. The standard InChI is InChI=1S/C19H20N2O4/c1-24-13-6-4-12(5-7-13)21-10-19-9-8-14(25-19)15(16(19)18(21)23)17(22)20-11-2-3-11/h4-9,11,14-16H,2-3,10H2,1H3,(H,20,22)/t14?,15?,16?,19-/m0/s1. The Balaban J connectivity index is 1.44. The van der Waals surface area contributed by atoms with E-state index in [-0.39, 0.29) is 24.0 Å². The molecule has 1 spiro atoms. The molecule has 6 heteroatoms. The van der Waals surface area contributed by atoms with Gasteiger partial charge in [-0.2, -0.15) is 0 Å². The van der Waals surface area contributed by atoms with Crippen molar-refractivity contribution in [2.75, 3.05) is 18.6 Å². The Morgan fingerprint density at radius 1 is 1.32 bits per heavy atom. The van der Waals surface area contributed by atoms with Crippen molar-refractivity contribution in [2.45, 2.75) is 30.6 Å². The van der Waals surface area contributed by atoms with Gasteiger partial charge in [0.05, 0.1) is 31.6 Å². The molecule has 130 valence electrons. The first-order chi connectivity index (χ1) is 12.1. The van der Waals surface area contributed by atoms with Crippen LogP contribution in [0.4, 0.5) is 5.69 Å². The molecule has 6 nitrogen and oxygen atoms in total. The average molecular weight is 340 g/mol. The highest BCUT2D eigenvalue weighted by atomic mass is 16.5. The Bertz CT molecular complexity index is 770. The number of hydrogen-bond donors (Lipinski definition) is 1. The predicted octanol–water partition coefficient (Wildman–Crippen LogP) is 1.26. The summed E-state index contributed by atoms with van der Waals surface area (Å²) in [6.07, 6.45) is 5.69. The number of carbonyl (C=O) groups excluding carboxylic acids is 2. The summed E-state index contributed by atoms with van der Waals surface area (Å²) >= 11 is 0. The topological polar surface area (TPSA) is 67.9 Å². The van der Waals surface area contributed by atoms with Crippen LogP contribution < -0.4 is 15.0 Å². The zero-order valence-corrected chi connectivity index (χ0v) is 14.0. The molecule has 1 aliphatic carbocycles. The number of rotatable bonds is 4. The molecular formula is C19H20N2O4. The summed E-state index contributed by atoms with van der Waals surface area (Å²) in [5.74, 6) is -0.209. The monoisotopic (exact) mass is 340 g/mol. The van der Waals surface area contributed by atoms with Crippen LogP contribution in [0, 0.1) is 11.8 Å². The molecular weight excluding hydrogens is 320 g/mol. The van der Waals surface area contributed by atoms with E-state index in [0.717, 1.165) is 24.3 Å². The van der Waals surface area contributed by atoms with Crippen molar-refractivity contribution in [1.29, 1.82) is 0 Å². The molecule has 4 atom stereocenters. The molecule has 5 rings (SSSR count). The van der Waals surface area contributed by atoms with E-state index in [1.54, 1.807) is 12.0 Å². The number of ether oxygens (including phenoxy) is 2. The van der Waals surface area contributed by atoms with Gasteiger partial charge in [0.15, 0.2) is 0 Å². The first-order valence-electron chi connectivity index (χ1n) is 8.74. The Hall–Kier alpha value is -2.34. The van der Waals surface area contributed by atoms with Crippen LogP contribution in [0.2, 0.25) is 0 Å². The van der Waals surface area contributed by atoms with Gasteiger partial charge in [0.2, 0.25) is 11.8 Å². The Morgan fingerprint density at radius 3 is 2.76 bits per heavy atom. The molecule has 3 heterocycles. The van der Waals surface area contributed by atoms with Crippen LogP contribution in [0.1, 0.15) is 12.8 Å². The van der Waals surface area contributed by atoms with Gasteiger partial charge in [-0.25, -0.2) is 0 Å². The lowest BCUT2D eigenvalue weighted by atomic mass is 9.77. The molecule has 4 aliphatic rings. The maximum atomic E-state index is 13.1. The van der Waals surface area contributed by atoms with Crippen molar-refractivity contribution in [3.63, 3.8) is 0 Å². The highest BCUT2D eigenvalue weighted by Crippen LogP contribution is 2.52. The molecule has 3 fully saturated rings. The minimum atomic E-state index is -0.673. The summed E-state index contributed by atoms with van der Waals surface area (Å²) in [6.45, 7) is 0.447. The number of amides is 2. The highest BCUT2D eigenvalue weighted by molar-refractivity contribution is 6.03. The van der Waals surface area contributed by atoms with Crippen molar-refractivity contribution >= 4 is 17.5 Å². The third-order valence-electron chi connectivity index (χ3n) is 5.71. The minimum Gasteiger partial charge on any atom is -0.497 e. The number of benzene rings is 1. The second-order valence-corrected chi connectivity index (χ2v) is 7.31. The maximum Gasteiger partial charge on any atom is 0.234 e. The van der Waals surface area contributed by atoms with Crippen molar-refractivity contribution in [1.82, 2.24) is 5.32 Å². The molecule has 1 saturated carbocycles. The van der Waals surface area contributed by atoms with Gasteiger partial charge in [0, 0.05) is 11.7 Å². The summed E-state index contributed by atoms with van der Waals surface area (Å²) < 4.78 is 11.3. The smallest absolute Gasteiger partial charge is 0.234 e. The highest BCUT2D eigenvalue weighted by Gasteiger charge is 2.67.